The van der Waals surface area contributed by atoms with Gasteiger partial charge in [-0.05, 0) is 35.9 Å². The Hall–Kier alpha value is -1.84. The van der Waals surface area contributed by atoms with Crippen molar-refractivity contribution in [1.82, 2.24) is 0 Å². The van der Waals surface area contributed by atoms with Gasteiger partial charge in [-0.25, -0.2) is 4.39 Å². The van der Waals surface area contributed by atoms with E-state index in [1.807, 2.05) is 0 Å². The van der Waals surface area contributed by atoms with E-state index in [0.717, 1.165) is 0 Å². The Morgan fingerprint density at radius 1 is 1.15 bits per heavy atom. The molecule has 0 aromatic heterocycles. The predicted molar refractivity (Wildman–Crippen MR) is 77.9 cm³/mol. The summed E-state index contributed by atoms with van der Waals surface area (Å²) in [5, 5.41) is 10.00. The molecule has 0 heterocycles. The Bertz CT molecular complexity index is 679. The average Bonchev–Trinajstić information content (AvgIpc) is 2.42. The van der Waals surface area contributed by atoms with Crippen LogP contribution in [0.15, 0.2) is 42.5 Å². The summed E-state index contributed by atoms with van der Waals surface area (Å²) in [6.07, 6.45) is 2.77. The normalized spacial score (nSPS) is 10.9. The molecule has 2 aromatic carbocycles. The number of allylic oxidation sites excluding steroid dienone is 1. The molecule has 0 saturated heterocycles. The summed E-state index contributed by atoms with van der Waals surface area (Å²) in [5.41, 5.74) is 0.674. The second kappa shape index (κ2) is 6.07. The molecular weight excluding hydrogens is 302 g/mol. The molecule has 20 heavy (non-hydrogen) atoms. The van der Waals surface area contributed by atoms with Gasteiger partial charge in [0.1, 0.15) is 11.6 Å². The lowest BCUT2D eigenvalue weighted by Gasteiger charge is -2.03. The Balaban J connectivity index is 2.26. The minimum absolute atomic E-state index is 0.0102. The van der Waals surface area contributed by atoms with Gasteiger partial charge >= 0.3 is 0 Å². The zero-order valence-corrected chi connectivity index (χ0v) is 11.6. The first-order valence-corrected chi connectivity index (χ1v) is 6.39. The molecule has 2 nitrogen and oxygen atoms in total. The second-order valence-corrected chi connectivity index (χ2v) is 4.88. The van der Waals surface area contributed by atoms with Gasteiger partial charge in [-0.15, -0.1) is 0 Å². The molecule has 0 bridgehead atoms. The van der Waals surface area contributed by atoms with E-state index >= 15 is 0 Å². The molecule has 2 rings (SSSR count). The second-order valence-electron chi connectivity index (χ2n) is 4.03. The number of hydrogen-bond acceptors (Lipinski definition) is 2. The van der Waals surface area contributed by atoms with Crippen molar-refractivity contribution in [3.8, 4) is 5.75 Å². The number of ketones is 1. The van der Waals surface area contributed by atoms with Crippen molar-refractivity contribution in [1.29, 1.82) is 0 Å². The van der Waals surface area contributed by atoms with Crippen LogP contribution in [0.25, 0.3) is 6.08 Å². The number of benzene rings is 2. The number of carbonyl (C=O) groups excluding carboxylic acids is 1. The monoisotopic (exact) mass is 310 g/mol. The van der Waals surface area contributed by atoms with Crippen LogP contribution in [0.3, 0.4) is 0 Å². The lowest BCUT2D eigenvalue weighted by molar-refractivity contribution is 0.104. The van der Waals surface area contributed by atoms with Crippen molar-refractivity contribution >= 4 is 35.1 Å². The molecule has 0 saturated carbocycles. The molecule has 0 fully saturated rings. The molecular formula is C15H9Cl2FO2. The molecule has 5 heteroatoms. The number of phenols is 1. The van der Waals surface area contributed by atoms with Crippen molar-refractivity contribution in [3.05, 3.63) is 69.5 Å². The number of halogens is 3. The summed E-state index contributed by atoms with van der Waals surface area (Å²) in [4.78, 5) is 12.0. The van der Waals surface area contributed by atoms with Crippen LogP contribution in [0.1, 0.15) is 15.9 Å². The van der Waals surface area contributed by atoms with Crippen molar-refractivity contribution < 1.29 is 14.3 Å². The van der Waals surface area contributed by atoms with E-state index in [4.69, 9.17) is 23.2 Å². The van der Waals surface area contributed by atoms with Gasteiger partial charge in [0.15, 0.2) is 5.78 Å². The summed E-state index contributed by atoms with van der Waals surface area (Å²) < 4.78 is 12.7. The highest BCUT2D eigenvalue weighted by Gasteiger charge is 2.13. The molecule has 0 aliphatic heterocycles. The number of carbonyl (C=O) groups is 1. The molecule has 0 aliphatic rings. The maximum Gasteiger partial charge on any atom is 0.189 e. The first-order chi connectivity index (χ1) is 9.47. The van der Waals surface area contributed by atoms with E-state index < -0.39 is 5.78 Å². The average molecular weight is 311 g/mol. The van der Waals surface area contributed by atoms with Crippen molar-refractivity contribution in [2.24, 2.45) is 0 Å². The van der Waals surface area contributed by atoms with Gasteiger partial charge in [-0.3, -0.25) is 4.79 Å². The van der Waals surface area contributed by atoms with Gasteiger partial charge in [0.2, 0.25) is 0 Å². The van der Waals surface area contributed by atoms with Gasteiger partial charge in [-0.1, -0.05) is 41.4 Å². The third-order valence-corrected chi connectivity index (χ3v) is 3.10. The largest absolute Gasteiger partial charge is 0.506 e. The number of phenolic OH excluding ortho intramolecular Hbond substituents is 1. The molecule has 0 unspecified atom stereocenters. The summed E-state index contributed by atoms with van der Waals surface area (Å²) >= 11 is 11.5. The first-order valence-electron chi connectivity index (χ1n) is 5.63. The van der Waals surface area contributed by atoms with Crippen LogP contribution in [-0.2, 0) is 0 Å². The molecule has 0 radical (unpaired) electrons. The van der Waals surface area contributed by atoms with E-state index in [1.54, 1.807) is 0 Å². The molecule has 0 atom stereocenters. The van der Waals surface area contributed by atoms with Crippen LogP contribution in [-0.4, -0.2) is 10.9 Å². The fourth-order valence-electron chi connectivity index (χ4n) is 1.59. The zero-order chi connectivity index (χ0) is 14.7. The van der Waals surface area contributed by atoms with Crippen molar-refractivity contribution in [3.63, 3.8) is 0 Å². The van der Waals surface area contributed by atoms with E-state index in [1.165, 1.54) is 48.6 Å². The number of rotatable bonds is 3. The van der Waals surface area contributed by atoms with Gasteiger partial charge in [0.25, 0.3) is 0 Å². The maximum atomic E-state index is 12.7. The summed E-state index contributed by atoms with van der Waals surface area (Å²) in [5.74, 6) is -1.12. The lowest BCUT2D eigenvalue weighted by Crippen LogP contribution is -1.95. The topological polar surface area (TPSA) is 37.3 Å². The van der Waals surface area contributed by atoms with Crippen LogP contribution in [0.5, 0.6) is 5.75 Å². The molecule has 0 aliphatic carbocycles. The highest BCUT2D eigenvalue weighted by atomic mass is 35.5. The van der Waals surface area contributed by atoms with Crippen molar-refractivity contribution in [2.75, 3.05) is 0 Å². The third-order valence-electron chi connectivity index (χ3n) is 2.59. The molecule has 0 spiro atoms. The third kappa shape index (κ3) is 3.38. The fourth-order valence-corrected chi connectivity index (χ4v) is 2.08. The van der Waals surface area contributed by atoms with Crippen LogP contribution >= 0.6 is 23.2 Å². The van der Waals surface area contributed by atoms with Crippen molar-refractivity contribution in [2.45, 2.75) is 0 Å². The van der Waals surface area contributed by atoms with Crippen LogP contribution < -0.4 is 0 Å². The highest BCUT2D eigenvalue weighted by molar-refractivity contribution is 6.36. The Kier molecular flexibility index (Phi) is 4.42. The Morgan fingerprint density at radius 3 is 2.45 bits per heavy atom. The summed E-state index contributed by atoms with van der Waals surface area (Å²) in [6, 6.07) is 8.32. The minimum atomic E-state index is -0.448. The lowest BCUT2D eigenvalue weighted by atomic mass is 10.1. The SMILES string of the molecule is O=C(C=Cc1ccc(F)cc1)c1cc(Cl)cc(Cl)c1O. The fraction of sp³-hybridized carbons (Fsp3) is 0. The van der Waals surface area contributed by atoms with Gasteiger partial charge in [0, 0.05) is 5.02 Å². The first kappa shape index (κ1) is 14.6. The van der Waals surface area contributed by atoms with Crippen LogP contribution in [0, 0.1) is 5.82 Å². The van der Waals surface area contributed by atoms with E-state index in [2.05, 4.69) is 0 Å². The zero-order valence-electron chi connectivity index (χ0n) is 10.1. The molecule has 0 amide bonds. The summed E-state index contributed by atoms with van der Waals surface area (Å²) in [6.45, 7) is 0. The van der Waals surface area contributed by atoms with E-state index in [-0.39, 0.29) is 27.2 Å². The van der Waals surface area contributed by atoms with Gasteiger partial charge < -0.3 is 5.11 Å². The predicted octanol–water partition coefficient (Wildman–Crippen LogP) is 4.73. The van der Waals surface area contributed by atoms with E-state index in [9.17, 15) is 14.3 Å². The minimum Gasteiger partial charge on any atom is -0.506 e. The number of aromatic hydroxyl groups is 1. The highest BCUT2D eigenvalue weighted by Crippen LogP contribution is 2.31. The Morgan fingerprint density at radius 2 is 1.80 bits per heavy atom. The van der Waals surface area contributed by atoms with Crippen LogP contribution in [0.4, 0.5) is 4.39 Å². The standard InChI is InChI=1S/C15H9Cl2FO2/c16-10-7-12(15(20)13(17)8-10)14(19)6-3-9-1-4-11(18)5-2-9/h1-8,20H. The quantitative estimate of drug-likeness (QED) is 0.657. The smallest absolute Gasteiger partial charge is 0.189 e. The summed E-state index contributed by atoms with van der Waals surface area (Å²) in [7, 11) is 0. The molecule has 2 aromatic rings. The molecule has 1 N–H and O–H groups in total. The Labute approximate surface area is 125 Å². The van der Waals surface area contributed by atoms with Gasteiger partial charge in [0.05, 0.1) is 10.6 Å². The van der Waals surface area contributed by atoms with E-state index in [0.29, 0.717) is 5.56 Å². The van der Waals surface area contributed by atoms with Gasteiger partial charge in [-0.2, -0.15) is 0 Å². The number of hydrogen-bond donors (Lipinski definition) is 1. The maximum absolute atomic E-state index is 12.7. The van der Waals surface area contributed by atoms with Crippen LogP contribution in [0.2, 0.25) is 10.0 Å². The molecule has 102 valence electrons.